The zero-order chi connectivity index (χ0) is 8.81. The summed E-state index contributed by atoms with van der Waals surface area (Å²) in [7, 11) is 1.44. The Kier molecular flexibility index (Phi) is 3.77. The van der Waals surface area contributed by atoms with Crippen LogP contribution in [0.5, 0.6) is 0 Å². The lowest BCUT2D eigenvalue weighted by molar-refractivity contribution is 0.167. The van der Waals surface area contributed by atoms with E-state index in [2.05, 4.69) is 18.7 Å². The Bertz CT molecular complexity index is 233. The van der Waals surface area contributed by atoms with E-state index in [1.165, 1.54) is 5.56 Å². The average Bonchev–Trinajstić information content (AvgIpc) is 2.15. The highest BCUT2D eigenvalue weighted by molar-refractivity contribution is 6.43. The summed E-state index contributed by atoms with van der Waals surface area (Å²) in [6.45, 7) is 3.76. The third-order valence-corrected chi connectivity index (χ3v) is 3.40. The standard InChI is InChI=1S/C10H14OSi/c1-3-12-10(11-2)9-7-5-4-6-8-9/h3-8,10H,1,12H2,2H3. The molecule has 0 fully saturated rings. The van der Waals surface area contributed by atoms with Crippen LogP contribution in [0.3, 0.4) is 0 Å². The molecule has 0 saturated carbocycles. The minimum Gasteiger partial charge on any atom is -0.381 e. The molecule has 0 amide bonds. The van der Waals surface area contributed by atoms with Crippen LogP contribution in [0.25, 0.3) is 0 Å². The molecule has 1 aromatic carbocycles. The van der Waals surface area contributed by atoms with Crippen molar-refractivity contribution in [3.05, 3.63) is 48.2 Å². The van der Waals surface area contributed by atoms with Crippen LogP contribution >= 0.6 is 0 Å². The van der Waals surface area contributed by atoms with Gasteiger partial charge in [-0.25, -0.2) is 0 Å². The van der Waals surface area contributed by atoms with E-state index in [9.17, 15) is 0 Å². The molecule has 0 aliphatic heterocycles. The SMILES string of the molecule is C=C[SiH2]C(OC)c1ccccc1. The minimum atomic E-state index is -0.321. The number of methoxy groups -OCH3 is 1. The summed E-state index contributed by atoms with van der Waals surface area (Å²) < 4.78 is 5.37. The van der Waals surface area contributed by atoms with Gasteiger partial charge in [-0.05, 0) is 5.56 Å². The van der Waals surface area contributed by atoms with Crippen molar-refractivity contribution in [2.75, 3.05) is 7.11 Å². The van der Waals surface area contributed by atoms with E-state index in [4.69, 9.17) is 4.74 Å². The largest absolute Gasteiger partial charge is 0.381 e. The van der Waals surface area contributed by atoms with Gasteiger partial charge in [0.05, 0.1) is 15.2 Å². The minimum absolute atomic E-state index is 0.295. The van der Waals surface area contributed by atoms with Crippen molar-refractivity contribution in [2.24, 2.45) is 0 Å². The molecule has 12 heavy (non-hydrogen) atoms. The van der Waals surface area contributed by atoms with Crippen LogP contribution in [-0.4, -0.2) is 16.6 Å². The Balaban J connectivity index is 2.72. The molecule has 1 nitrogen and oxygen atoms in total. The van der Waals surface area contributed by atoms with Gasteiger partial charge in [0.2, 0.25) is 0 Å². The summed E-state index contributed by atoms with van der Waals surface area (Å²) >= 11 is 0. The highest BCUT2D eigenvalue weighted by atomic mass is 28.2. The van der Waals surface area contributed by atoms with Crippen molar-refractivity contribution in [3.8, 4) is 0 Å². The van der Waals surface area contributed by atoms with E-state index in [1.54, 1.807) is 7.11 Å². The van der Waals surface area contributed by atoms with Crippen LogP contribution in [0.1, 0.15) is 11.3 Å². The van der Waals surface area contributed by atoms with Crippen LogP contribution in [0, 0.1) is 0 Å². The first kappa shape index (κ1) is 9.23. The molecule has 1 aromatic rings. The van der Waals surface area contributed by atoms with Gasteiger partial charge in [-0.1, -0.05) is 30.3 Å². The van der Waals surface area contributed by atoms with E-state index >= 15 is 0 Å². The summed E-state index contributed by atoms with van der Waals surface area (Å²) in [5.74, 6) is 0. The van der Waals surface area contributed by atoms with Crippen molar-refractivity contribution in [1.82, 2.24) is 0 Å². The monoisotopic (exact) mass is 178 g/mol. The fourth-order valence-corrected chi connectivity index (χ4v) is 2.23. The molecule has 64 valence electrons. The third-order valence-electron chi connectivity index (χ3n) is 1.84. The molecule has 1 atom stereocenters. The Morgan fingerprint density at radius 3 is 2.58 bits per heavy atom. The lowest BCUT2D eigenvalue weighted by atomic mass is 10.2. The smallest absolute Gasteiger partial charge is 0.0844 e. The molecule has 0 saturated heterocycles. The second kappa shape index (κ2) is 4.90. The molecule has 0 bridgehead atoms. The second-order valence-electron chi connectivity index (χ2n) is 2.66. The molecule has 2 heteroatoms. The maximum atomic E-state index is 5.37. The van der Waals surface area contributed by atoms with Crippen LogP contribution < -0.4 is 0 Å². The van der Waals surface area contributed by atoms with Crippen molar-refractivity contribution in [2.45, 2.75) is 5.73 Å². The summed E-state index contributed by atoms with van der Waals surface area (Å²) in [5, 5.41) is 0. The maximum Gasteiger partial charge on any atom is 0.0844 e. The molecule has 0 aliphatic rings. The third kappa shape index (κ3) is 2.32. The highest BCUT2D eigenvalue weighted by Crippen LogP contribution is 2.14. The predicted octanol–water partition coefficient (Wildman–Crippen LogP) is 1.64. The number of ether oxygens (including phenoxy) is 1. The molecule has 0 aromatic heterocycles. The number of rotatable bonds is 4. The van der Waals surface area contributed by atoms with Gasteiger partial charge in [0, 0.05) is 7.11 Å². The summed E-state index contributed by atoms with van der Waals surface area (Å²) in [6, 6.07) is 10.3. The van der Waals surface area contributed by atoms with Gasteiger partial charge in [-0.2, -0.15) is 0 Å². The predicted molar refractivity (Wildman–Crippen MR) is 54.9 cm³/mol. The first-order valence-corrected chi connectivity index (χ1v) is 5.70. The van der Waals surface area contributed by atoms with Crippen molar-refractivity contribution < 1.29 is 4.74 Å². The van der Waals surface area contributed by atoms with Gasteiger partial charge in [-0.3, -0.25) is 0 Å². The lowest BCUT2D eigenvalue weighted by Gasteiger charge is -2.12. The van der Waals surface area contributed by atoms with Gasteiger partial charge in [0.1, 0.15) is 0 Å². The molecule has 0 radical (unpaired) electrons. The van der Waals surface area contributed by atoms with Crippen molar-refractivity contribution in [1.29, 1.82) is 0 Å². The number of benzene rings is 1. The van der Waals surface area contributed by atoms with E-state index in [1.807, 2.05) is 23.9 Å². The van der Waals surface area contributed by atoms with Crippen LogP contribution in [0.2, 0.25) is 0 Å². The van der Waals surface area contributed by atoms with Gasteiger partial charge >= 0.3 is 0 Å². The van der Waals surface area contributed by atoms with Crippen molar-refractivity contribution in [3.63, 3.8) is 0 Å². The van der Waals surface area contributed by atoms with E-state index < -0.39 is 0 Å². The first-order valence-electron chi connectivity index (χ1n) is 4.07. The Labute approximate surface area is 75.9 Å². The van der Waals surface area contributed by atoms with Gasteiger partial charge in [0.15, 0.2) is 0 Å². The van der Waals surface area contributed by atoms with E-state index in [0.29, 0.717) is 5.73 Å². The fourth-order valence-electron chi connectivity index (χ4n) is 1.19. The van der Waals surface area contributed by atoms with Crippen molar-refractivity contribution >= 4 is 9.52 Å². The molecular weight excluding hydrogens is 164 g/mol. The van der Waals surface area contributed by atoms with Gasteiger partial charge in [-0.15, -0.1) is 12.3 Å². The topological polar surface area (TPSA) is 9.23 Å². The van der Waals surface area contributed by atoms with Gasteiger partial charge in [0.25, 0.3) is 0 Å². The molecule has 0 spiro atoms. The average molecular weight is 178 g/mol. The normalized spacial score (nSPS) is 13.4. The first-order chi connectivity index (χ1) is 5.88. The molecule has 1 rings (SSSR count). The quantitative estimate of drug-likeness (QED) is 0.637. The van der Waals surface area contributed by atoms with Gasteiger partial charge < -0.3 is 4.74 Å². The summed E-state index contributed by atoms with van der Waals surface area (Å²) in [4.78, 5) is 0. The molecular formula is C10H14OSi. The highest BCUT2D eigenvalue weighted by Gasteiger charge is 2.06. The second-order valence-corrected chi connectivity index (χ2v) is 4.45. The Morgan fingerprint density at radius 1 is 1.42 bits per heavy atom. The lowest BCUT2D eigenvalue weighted by Crippen LogP contribution is -2.07. The Hall–Kier alpha value is -0.863. The zero-order valence-electron chi connectivity index (χ0n) is 7.36. The summed E-state index contributed by atoms with van der Waals surface area (Å²) in [5.41, 5.74) is 3.58. The van der Waals surface area contributed by atoms with Crippen LogP contribution in [-0.2, 0) is 4.74 Å². The zero-order valence-corrected chi connectivity index (χ0v) is 8.78. The van der Waals surface area contributed by atoms with Crippen LogP contribution in [0.15, 0.2) is 42.6 Å². The maximum absolute atomic E-state index is 5.37. The summed E-state index contributed by atoms with van der Waals surface area (Å²) in [6.07, 6.45) is 0. The molecule has 0 N–H and O–H groups in total. The fraction of sp³-hybridized carbons (Fsp3) is 0.200. The number of hydrogen-bond acceptors (Lipinski definition) is 1. The Morgan fingerprint density at radius 2 is 2.08 bits per heavy atom. The van der Waals surface area contributed by atoms with E-state index in [-0.39, 0.29) is 9.52 Å². The molecule has 0 aliphatic carbocycles. The molecule has 0 heterocycles. The number of hydrogen-bond donors (Lipinski definition) is 0. The van der Waals surface area contributed by atoms with E-state index in [0.717, 1.165) is 0 Å². The molecule has 1 unspecified atom stereocenters. The van der Waals surface area contributed by atoms with Crippen LogP contribution in [0.4, 0.5) is 0 Å².